The third kappa shape index (κ3) is 5.28. The number of nitro groups is 1. The molecule has 0 aliphatic carbocycles. The highest BCUT2D eigenvalue weighted by Crippen LogP contribution is 2.30. The molecule has 7 nitrogen and oxygen atoms in total. The van der Waals surface area contributed by atoms with Crippen LogP contribution in [-0.4, -0.2) is 28.3 Å². The zero-order chi connectivity index (χ0) is 16.9. The summed E-state index contributed by atoms with van der Waals surface area (Å²) in [6, 6.07) is 1.46. The first-order valence-electron chi connectivity index (χ1n) is 6.23. The van der Waals surface area contributed by atoms with Crippen LogP contribution < -0.4 is 5.32 Å². The number of aromatic hydroxyl groups is 1. The van der Waals surface area contributed by atoms with Crippen LogP contribution in [0.4, 0.5) is 14.9 Å². The molecule has 22 heavy (non-hydrogen) atoms. The van der Waals surface area contributed by atoms with E-state index in [-0.39, 0.29) is 12.1 Å². The monoisotopic (exact) mass is 310 g/mol. The molecule has 1 aromatic rings. The number of hydrogen-bond acceptors (Lipinski definition) is 5. The number of hydrogen-bond donors (Lipinski definition) is 2. The van der Waals surface area contributed by atoms with Gasteiger partial charge in [-0.25, -0.2) is 9.18 Å². The van der Waals surface area contributed by atoms with Crippen LogP contribution in [0.15, 0.2) is 12.1 Å². The molecular formula is C14H15FN2O5. The first-order chi connectivity index (χ1) is 10.1. The molecule has 118 valence electrons. The number of halogens is 1. The van der Waals surface area contributed by atoms with Crippen LogP contribution in [0.3, 0.4) is 0 Å². The highest BCUT2D eigenvalue weighted by atomic mass is 19.1. The molecule has 2 N–H and O–H groups in total. The Morgan fingerprint density at radius 2 is 2.14 bits per heavy atom. The number of carbonyl (C=O) groups is 1. The second kappa shape index (κ2) is 6.76. The lowest BCUT2D eigenvalue weighted by Gasteiger charge is -2.18. The van der Waals surface area contributed by atoms with Gasteiger partial charge in [0.05, 0.1) is 23.1 Å². The number of carbonyl (C=O) groups excluding carboxylic acids is 1. The maximum Gasteiger partial charge on any atom is 0.408 e. The number of rotatable bonds is 2. The third-order valence-corrected chi connectivity index (χ3v) is 2.19. The number of phenolic OH excluding ortho intramolecular Hbond substituents is 1. The molecule has 0 spiro atoms. The molecule has 0 radical (unpaired) electrons. The van der Waals surface area contributed by atoms with E-state index in [1.807, 2.05) is 0 Å². The number of ether oxygens (including phenoxy) is 1. The van der Waals surface area contributed by atoms with Gasteiger partial charge in [0.2, 0.25) is 5.75 Å². The molecular weight excluding hydrogens is 295 g/mol. The number of alkyl carbamates (subject to hydrolysis) is 1. The maximum atomic E-state index is 13.2. The minimum Gasteiger partial charge on any atom is -0.501 e. The summed E-state index contributed by atoms with van der Waals surface area (Å²) in [5.74, 6) is 3.17. The van der Waals surface area contributed by atoms with Crippen LogP contribution in [0.25, 0.3) is 0 Å². The Kier molecular flexibility index (Phi) is 5.29. The van der Waals surface area contributed by atoms with Crippen LogP contribution >= 0.6 is 0 Å². The van der Waals surface area contributed by atoms with Gasteiger partial charge in [-0.2, -0.15) is 0 Å². The van der Waals surface area contributed by atoms with Crippen molar-refractivity contribution >= 4 is 11.8 Å². The van der Waals surface area contributed by atoms with Crippen molar-refractivity contribution in [2.45, 2.75) is 26.4 Å². The van der Waals surface area contributed by atoms with Crippen molar-refractivity contribution < 1.29 is 24.0 Å². The van der Waals surface area contributed by atoms with Crippen LogP contribution in [0.2, 0.25) is 0 Å². The van der Waals surface area contributed by atoms with Gasteiger partial charge in [0.15, 0.2) is 0 Å². The third-order valence-electron chi connectivity index (χ3n) is 2.19. The summed E-state index contributed by atoms with van der Waals surface area (Å²) >= 11 is 0. The van der Waals surface area contributed by atoms with E-state index in [9.17, 15) is 24.4 Å². The number of amides is 1. The molecule has 0 bridgehead atoms. The van der Waals surface area contributed by atoms with E-state index in [4.69, 9.17) is 4.74 Å². The van der Waals surface area contributed by atoms with Gasteiger partial charge in [-0.1, -0.05) is 11.8 Å². The fourth-order valence-corrected chi connectivity index (χ4v) is 1.39. The summed E-state index contributed by atoms with van der Waals surface area (Å²) < 4.78 is 18.2. The normalized spacial score (nSPS) is 10.4. The highest BCUT2D eigenvalue weighted by Gasteiger charge is 2.18. The van der Waals surface area contributed by atoms with Crippen molar-refractivity contribution in [1.29, 1.82) is 0 Å². The molecule has 0 aliphatic heterocycles. The number of nitrogens with zero attached hydrogens (tertiary/aromatic N) is 1. The van der Waals surface area contributed by atoms with Gasteiger partial charge in [-0.3, -0.25) is 10.1 Å². The van der Waals surface area contributed by atoms with Crippen molar-refractivity contribution in [3.05, 3.63) is 33.6 Å². The molecule has 0 fully saturated rings. The Morgan fingerprint density at radius 3 is 2.68 bits per heavy atom. The Bertz CT molecular complexity index is 656. The van der Waals surface area contributed by atoms with Gasteiger partial charge in [-0.05, 0) is 26.8 Å². The van der Waals surface area contributed by atoms with Gasteiger partial charge in [0.1, 0.15) is 11.4 Å². The summed E-state index contributed by atoms with van der Waals surface area (Å²) in [5.41, 5.74) is -1.67. The van der Waals surface area contributed by atoms with Gasteiger partial charge in [0, 0.05) is 0 Å². The fraction of sp³-hybridized carbons (Fsp3) is 0.357. The van der Waals surface area contributed by atoms with E-state index in [1.165, 1.54) is 0 Å². The van der Waals surface area contributed by atoms with E-state index in [0.29, 0.717) is 6.07 Å². The van der Waals surface area contributed by atoms with Gasteiger partial charge < -0.3 is 15.2 Å². The van der Waals surface area contributed by atoms with Crippen molar-refractivity contribution in [1.82, 2.24) is 5.32 Å². The van der Waals surface area contributed by atoms with E-state index < -0.39 is 33.9 Å². The predicted octanol–water partition coefficient (Wildman–Crippen LogP) is 2.32. The van der Waals surface area contributed by atoms with Crippen LogP contribution in [0, 0.1) is 27.8 Å². The van der Waals surface area contributed by atoms with E-state index >= 15 is 0 Å². The summed E-state index contributed by atoms with van der Waals surface area (Å²) in [6.07, 6.45) is -0.684. The lowest BCUT2D eigenvalue weighted by atomic mass is 10.1. The van der Waals surface area contributed by atoms with Crippen molar-refractivity contribution in [2.24, 2.45) is 0 Å². The molecule has 1 rings (SSSR count). The van der Waals surface area contributed by atoms with E-state index in [1.54, 1.807) is 20.8 Å². The van der Waals surface area contributed by atoms with Gasteiger partial charge in [0.25, 0.3) is 0 Å². The lowest BCUT2D eigenvalue weighted by molar-refractivity contribution is -0.386. The minimum atomic E-state index is -0.914. The largest absolute Gasteiger partial charge is 0.501 e. The smallest absolute Gasteiger partial charge is 0.408 e. The van der Waals surface area contributed by atoms with Crippen molar-refractivity contribution in [2.75, 3.05) is 6.54 Å². The number of benzene rings is 1. The SMILES string of the molecule is CC(C)(C)OC(=O)NCC#Cc1cc(F)cc([N+](=O)[O-])c1O. The number of nitro benzene ring substituents is 1. The fourth-order valence-electron chi connectivity index (χ4n) is 1.39. The molecule has 0 saturated carbocycles. The van der Waals surface area contributed by atoms with Crippen LogP contribution in [0.1, 0.15) is 26.3 Å². The molecule has 0 atom stereocenters. The maximum absolute atomic E-state index is 13.2. The molecule has 1 aromatic carbocycles. The van der Waals surface area contributed by atoms with Crippen molar-refractivity contribution in [3.8, 4) is 17.6 Å². The van der Waals surface area contributed by atoms with Gasteiger partial charge in [-0.15, -0.1) is 0 Å². The predicted molar refractivity (Wildman–Crippen MR) is 75.8 cm³/mol. The number of phenols is 1. The Balaban J connectivity index is 2.77. The minimum absolute atomic E-state index is 0.126. The Labute approximate surface area is 126 Å². The standard InChI is InChI=1S/C14H15FN2O5/c1-14(2,3)22-13(19)16-6-4-5-9-7-10(15)8-11(12(9)18)17(20)21/h7-8,18H,6H2,1-3H3,(H,16,19). The summed E-state index contributed by atoms with van der Waals surface area (Å²) in [7, 11) is 0. The van der Waals surface area contributed by atoms with Crippen LogP contribution in [0.5, 0.6) is 5.75 Å². The molecule has 8 heteroatoms. The molecule has 0 aromatic heterocycles. The highest BCUT2D eigenvalue weighted by molar-refractivity contribution is 5.68. The zero-order valence-corrected chi connectivity index (χ0v) is 12.3. The number of nitrogens with one attached hydrogen (secondary N) is 1. The summed E-state index contributed by atoms with van der Waals surface area (Å²) in [4.78, 5) is 21.1. The van der Waals surface area contributed by atoms with Crippen LogP contribution in [-0.2, 0) is 4.74 Å². The molecule has 0 unspecified atom stereocenters. The Morgan fingerprint density at radius 1 is 1.50 bits per heavy atom. The van der Waals surface area contributed by atoms with E-state index in [2.05, 4.69) is 17.2 Å². The molecule has 0 aliphatic rings. The van der Waals surface area contributed by atoms with Crippen molar-refractivity contribution in [3.63, 3.8) is 0 Å². The molecule has 0 saturated heterocycles. The average Bonchev–Trinajstić information content (AvgIpc) is 2.35. The first-order valence-corrected chi connectivity index (χ1v) is 6.23. The second-order valence-electron chi connectivity index (χ2n) is 5.24. The average molecular weight is 310 g/mol. The molecule has 1 amide bonds. The summed E-state index contributed by atoms with van der Waals surface area (Å²) in [5, 5.41) is 22.6. The van der Waals surface area contributed by atoms with Gasteiger partial charge >= 0.3 is 11.8 Å². The quantitative estimate of drug-likeness (QED) is 0.496. The van der Waals surface area contributed by atoms with E-state index in [0.717, 1.165) is 6.07 Å². The Hall–Kier alpha value is -2.82. The second-order valence-corrected chi connectivity index (χ2v) is 5.24. The lowest BCUT2D eigenvalue weighted by Crippen LogP contribution is -2.32. The summed E-state index contributed by atoms with van der Waals surface area (Å²) in [6.45, 7) is 4.96. The zero-order valence-electron chi connectivity index (χ0n) is 12.3. The molecule has 0 heterocycles. The first kappa shape index (κ1) is 17.2. The topological polar surface area (TPSA) is 102 Å².